The van der Waals surface area contributed by atoms with E-state index in [-0.39, 0.29) is 18.1 Å². The van der Waals surface area contributed by atoms with Crippen LogP contribution >= 0.6 is 22.9 Å². The van der Waals surface area contributed by atoms with Crippen LogP contribution in [0.2, 0.25) is 5.02 Å². The summed E-state index contributed by atoms with van der Waals surface area (Å²) in [6.45, 7) is 4.45. The predicted octanol–water partition coefficient (Wildman–Crippen LogP) is 4.12. The minimum Gasteiger partial charge on any atom is -0.486 e. The van der Waals surface area contributed by atoms with Gasteiger partial charge in [0.15, 0.2) is 0 Å². The summed E-state index contributed by atoms with van der Waals surface area (Å²) in [5, 5.41) is 4.15. The van der Waals surface area contributed by atoms with Gasteiger partial charge in [-0.1, -0.05) is 11.6 Å². The Labute approximate surface area is 165 Å². The Balaban J connectivity index is 1.69. The normalized spacial score (nSPS) is 10.6. The highest BCUT2D eigenvalue weighted by molar-refractivity contribution is 7.13. The van der Waals surface area contributed by atoms with Crippen LogP contribution < -0.4 is 15.6 Å². The summed E-state index contributed by atoms with van der Waals surface area (Å²) in [4.78, 5) is 29.1. The fraction of sp³-hybridized carbons (Fsp3) is 0.211. The van der Waals surface area contributed by atoms with Crippen molar-refractivity contribution in [1.82, 2.24) is 9.55 Å². The fourth-order valence-corrected chi connectivity index (χ4v) is 3.44. The van der Waals surface area contributed by atoms with Crippen LogP contribution in [0, 0.1) is 6.92 Å². The van der Waals surface area contributed by atoms with Crippen LogP contribution in [0.15, 0.2) is 47.4 Å². The van der Waals surface area contributed by atoms with Gasteiger partial charge in [0.25, 0.3) is 11.5 Å². The Morgan fingerprint density at radius 1 is 1.26 bits per heavy atom. The molecule has 140 valence electrons. The van der Waals surface area contributed by atoms with Gasteiger partial charge in [-0.3, -0.25) is 9.59 Å². The summed E-state index contributed by atoms with van der Waals surface area (Å²) in [5.41, 5.74) is 1.09. The van der Waals surface area contributed by atoms with Gasteiger partial charge in [0.1, 0.15) is 22.2 Å². The molecule has 0 atom stereocenters. The summed E-state index contributed by atoms with van der Waals surface area (Å²) in [6, 6.07) is 10.1. The molecule has 6 nitrogen and oxygen atoms in total. The van der Waals surface area contributed by atoms with Gasteiger partial charge in [0.2, 0.25) is 0 Å². The highest BCUT2D eigenvalue weighted by Crippen LogP contribution is 2.22. The van der Waals surface area contributed by atoms with Crippen molar-refractivity contribution >= 4 is 34.5 Å². The number of aryl methyl sites for hydroxylation is 2. The second kappa shape index (κ2) is 8.37. The van der Waals surface area contributed by atoms with Crippen LogP contribution in [0.3, 0.4) is 0 Å². The highest BCUT2D eigenvalue weighted by atomic mass is 35.5. The first-order valence-electron chi connectivity index (χ1n) is 8.32. The molecule has 0 fully saturated rings. The summed E-state index contributed by atoms with van der Waals surface area (Å²) < 4.78 is 7.20. The number of anilines is 1. The van der Waals surface area contributed by atoms with Crippen LogP contribution in [0.25, 0.3) is 0 Å². The monoisotopic (exact) mass is 403 g/mol. The summed E-state index contributed by atoms with van der Waals surface area (Å²) in [5.74, 6) is 0.420. The molecule has 2 heterocycles. The molecule has 0 radical (unpaired) electrons. The number of pyridine rings is 1. The first-order valence-corrected chi connectivity index (χ1v) is 9.52. The number of ether oxygens (including phenoxy) is 1. The van der Waals surface area contributed by atoms with Gasteiger partial charge in [-0.15, -0.1) is 11.3 Å². The van der Waals surface area contributed by atoms with Crippen LogP contribution in [0.5, 0.6) is 5.75 Å². The Morgan fingerprint density at radius 3 is 2.70 bits per heavy atom. The van der Waals surface area contributed by atoms with Crippen LogP contribution in [-0.2, 0) is 13.2 Å². The number of nitrogens with one attached hydrogen (secondary N) is 1. The third kappa shape index (κ3) is 4.75. The minimum atomic E-state index is -0.260. The lowest BCUT2D eigenvalue weighted by molar-refractivity contribution is 0.102. The van der Waals surface area contributed by atoms with Gasteiger partial charge < -0.3 is 14.6 Å². The van der Waals surface area contributed by atoms with E-state index in [2.05, 4.69) is 10.3 Å². The first-order chi connectivity index (χ1) is 13.0. The van der Waals surface area contributed by atoms with E-state index < -0.39 is 0 Å². The molecule has 3 aromatic rings. The number of carbonyl (C=O) groups is 1. The third-order valence-corrected chi connectivity index (χ3v) is 5.19. The molecule has 2 aromatic heterocycles. The molecule has 1 amide bonds. The van der Waals surface area contributed by atoms with Gasteiger partial charge in [-0.25, -0.2) is 4.98 Å². The van der Waals surface area contributed by atoms with Crippen molar-refractivity contribution in [1.29, 1.82) is 0 Å². The first kappa shape index (κ1) is 19.1. The lowest BCUT2D eigenvalue weighted by Crippen LogP contribution is -2.19. The van der Waals surface area contributed by atoms with E-state index in [4.69, 9.17) is 16.3 Å². The Bertz CT molecular complexity index is 1010. The van der Waals surface area contributed by atoms with E-state index in [1.54, 1.807) is 43.5 Å². The van der Waals surface area contributed by atoms with Crippen molar-refractivity contribution in [3.63, 3.8) is 0 Å². The van der Waals surface area contributed by atoms with E-state index >= 15 is 0 Å². The van der Waals surface area contributed by atoms with E-state index in [9.17, 15) is 9.59 Å². The number of carbonyl (C=O) groups excluding carboxylic acids is 1. The number of thiazole rings is 1. The Morgan fingerprint density at radius 2 is 2.00 bits per heavy atom. The number of amides is 1. The molecule has 0 unspecified atom stereocenters. The van der Waals surface area contributed by atoms with Crippen molar-refractivity contribution in [2.45, 2.75) is 27.0 Å². The molecular weight excluding hydrogens is 386 g/mol. The average Bonchev–Trinajstić information content (AvgIpc) is 3.03. The standard InChI is InChI=1S/C19H18ClN3O3S/c1-3-23-10-14(6-9-17(23)24)22-19(25)18-12(2)21-16(27-18)11-26-15-7-4-13(20)5-8-15/h4-10H,3,11H2,1-2H3,(H,22,25). The van der Waals surface area contributed by atoms with Crippen molar-refractivity contribution in [3.05, 3.63) is 73.6 Å². The van der Waals surface area contributed by atoms with Crippen molar-refractivity contribution < 1.29 is 9.53 Å². The number of aromatic nitrogens is 2. The molecular formula is C19H18ClN3O3S. The lowest BCUT2D eigenvalue weighted by Gasteiger charge is -2.07. The number of nitrogens with zero attached hydrogens (tertiary/aromatic N) is 2. The van der Waals surface area contributed by atoms with Gasteiger partial charge in [-0.2, -0.15) is 0 Å². The average molecular weight is 404 g/mol. The molecule has 0 saturated heterocycles. The largest absolute Gasteiger partial charge is 0.486 e. The van der Waals surface area contributed by atoms with Crippen molar-refractivity contribution in [2.75, 3.05) is 5.32 Å². The molecule has 0 bridgehead atoms. The fourth-order valence-electron chi connectivity index (χ4n) is 2.44. The highest BCUT2D eigenvalue weighted by Gasteiger charge is 2.16. The number of halogens is 1. The maximum atomic E-state index is 12.6. The molecule has 3 rings (SSSR count). The van der Waals surface area contributed by atoms with E-state index in [1.165, 1.54) is 22.0 Å². The van der Waals surface area contributed by atoms with Gasteiger partial charge in [-0.05, 0) is 44.2 Å². The van der Waals surface area contributed by atoms with E-state index in [0.29, 0.717) is 38.6 Å². The summed E-state index contributed by atoms with van der Waals surface area (Å²) in [6.07, 6.45) is 1.63. The second-order valence-corrected chi connectivity index (χ2v) is 7.28. The maximum absolute atomic E-state index is 12.6. The number of hydrogen-bond donors (Lipinski definition) is 1. The molecule has 0 aliphatic carbocycles. The smallest absolute Gasteiger partial charge is 0.267 e. The molecule has 0 saturated carbocycles. The zero-order valence-corrected chi connectivity index (χ0v) is 16.4. The molecule has 0 aliphatic heterocycles. The Kier molecular flexibility index (Phi) is 5.93. The third-order valence-electron chi connectivity index (χ3n) is 3.81. The number of hydrogen-bond acceptors (Lipinski definition) is 5. The zero-order valence-electron chi connectivity index (χ0n) is 14.9. The van der Waals surface area contributed by atoms with E-state index in [1.807, 2.05) is 6.92 Å². The van der Waals surface area contributed by atoms with Crippen molar-refractivity contribution in [3.8, 4) is 5.75 Å². The Hall–Kier alpha value is -2.64. The number of benzene rings is 1. The minimum absolute atomic E-state index is 0.105. The molecule has 27 heavy (non-hydrogen) atoms. The van der Waals surface area contributed by atoms with Crippen LogP contribution in [0.4, 0.5) is 5.69 Å². The quantitative estimate of drug-likeness (QED) is 0.672. The van der Waals surface area contributed by atoms with Gasteiger partial charge in [0, 0.05) is 23.8 Å². The SMILES string of the molecule is CCn1cc(NC(=O)c2sc(COc3ccc(Cl)cc3)nc2C)ccc1=O. The zero-order chi connectivity index (χ0) is 19.4. The maximum Gasteiger partial charge on any atom is 0.267 e. The topological polar surface area (TPSA) is 73.2 Å². The van der Waals surface area contributed by atoms with E-state index in [0.717, 1.165) is 0 Å². The lowest BCUT2D eigenvalue weighted by atomic mass is 10.3. The van der Waals surface area contributed by atoms with Crippen LogP contribution in [0.1, 0.15) is 27.3 Å². The predicted molar refractivity (Wildman–Crippen MR) is 107 cm³/mol. The molecule has 0 aliphatic rings. The van der Waals surface area contributed by atoms with Gasteiger partial charge >= 0.3 is 0 Å². The van der Waals surface area contributed by atoms with Crippen molar-refractivity contribution in [2.24, 2.45) is 0 Å². The molecule has 0 spiro atoms. The van der Waals surface area contributed by atoms with Crippen LogP contribution in [-0.4, -0.2) is 15.5 Å². The summed E-state index contributed by atoms with van der Waals surface area (Å²) in [7, 11) is 0. The summed E-state index contributed by atoms with van der Waals surface area (Å²) >= 11 is 7.13. The molecule has 1 aromatic carbocycles. The number of rotatable bonds is 6. The molecule has 1 N–H and O–H groups in total. The second-order valence-electron chi connectivity index (χ2n) is 5.76. The molecule has 8 heteroatoms. The van der Waals surface area contributed by atoms with Gasteiger partial charge in [0.05, 0.1) is 11.4 Å².